The van der Waals surface area contributed by atoms with Gasteiger partial charge in [-0.3, -0.25) is 4.79 Å². The molecule has 2 rings (SSSR count). The van der Waals surface area contributed by atoms with Crippen molar-refractivity contribution in [2.24, 2.45) is 0 Å². The maximum absolute atomic E-state index is 11.3. The number of methoxy groups -OCH3 is 1. The molecule has 0 saturated carbocycles. The number of carbonyl (C=O) groups is 1. The minimum absolute atomic E-state index is 0.00778. The molecule has 4 nitrogen and oxygen atoms in total. The molecule has 0 radical (unpaired) electrons. The van der Waals surface area contributed by atoms with Crippen LogP contribution in [0.15, 0.2) is 28.7 Å². The Morgan fingerprint density at radius 3 is 3.06 bits per heavy atom. The molecular weight excluding hydrogens is 286 g/mol. The number of benzene rings is 1. The zero-order valence-electron chi connectivity index (χ0n) is 9.48. The van der Waals surface area contributed by atoms with Gasteiger partial charge >= 0.3 is 5.97 Å². The third-order valence-electron chi connectivity index (χ3n) is 2.68. The van der Waals surface area contributed by atoms with E-state index in [1.54, 1.807) is 0 Å². The normalized spacial score (nSPS) is 23.4. The number of carbonyl (C=O) groups excluding carboxylic acids is 1. The molecule has 0 aliphatic carbocycles. The number of hydrogen-bond acceptors (Lipinski definition) is 4. The van der Waals surface area contributed by atoms with E-state index in [2.05, 4.69) is 26.0 Å². The molecule has 0 amide bonds. The Balaban J connectivity index is 1.92. The van der Waals surface area contributed by atoms with Crippen molar-refractivity contribution in [2.45, 2.75) is 18.6 Å². The van der Waals surface area contributed by atoms with Crippen LogP contribution >= 0.6 is 15.9 Å². The molecule has 1 N–H and O–H groups in total. The smallest absolute Gasteiger partial charge is 0.323 e. The summed E-state index contributed by atoms with van der Waals surface area (Å²) < 4.78 is 11.4. The van der Waals surface area contributed by atoms with Gasteiger partial charge in [-0.1, -0.05) is 22.0 Å². The first-order valence-corrected chi connectivity index (χ1v) is 6.22. The van der Waals surface area contributed by atoms with E-state index in [9.17, 15) is 4.79 Å². The lowest BCUT2D eigenvalue weighted by atomic mass is 10.2. The van der Waals surface area contributed by atoms with Gasteiger partial charge in [-0.25, -0.2) is 0 Å². The van der Waals surface area contributed by atoms with Crippen LogP contribution in [0.2, 0.25) is 0 Å². The summed E-state index contributed by atoms with van der Waals surface area (Å²) >= 11 is 3.39. The van der Waals surface area contributed by atoms with Crippen LogP contribution in [-0.4, -0.2) is 31.8 Å². The fourth-order valence-electron chi connectivity index (χ4n) is 1.85. The van der Waals surface area contributed by atoms with Crippen molar-refractivity contribution >= 4 is 21.9 Å². The Bertz CT molecular complexity index is 410. The van der Waals surface area contributed by atoms with Gasteiger partial charge in [0.2, 0.25) is 0 Å². The number of hydrogen-bond donors (Lipinski definition) is 1. The summed E-state index contributed by atoms with van der Waals surface area (Å²) in [6.07, 6.45) is 0.646. The summed E-state index contributed by atoms with van der Waals surface area (Å²) in [6.45, 7) is 0.659. The lowest BCUT2D eigenvalue weighted by Gasteiger charge is -2.12. The van der Waals surface area contributed by atoms with Crippen molar-refractivity contribution in [1.82, 2.24) is 5.32 Å². The molecule has 17 heavy (non-hydrogen) atoms. The Morgan fingerprint density at radius 2 is 2.35 bits per heavy atom. The standard InChI is InChI=1S/C12H14BrNO3/c1-16-12(15)11-6-10(7-14-11)17-9-4-2-3-8(13)5-9/h2-5,10-11,14H,6-7H2,1H3/t10-,11-/m1/s1. The lowest BCUT2D eigenvalue weighted by molar-refractivity contribution is -0.142. The second-order valence-electron chi connectivity index (χ2n) is 3.92. The fourth-order valence-corrected chi connectivity index (χ4v) is 2.23. The molecule has 1 aliphatic rings. The van der Waals surface area contributed by atoms with Crippen molar-refractivity contribution in [3.63, 3.8) is 0 Å². The van der Waals surface area contributed by atoms with E-state index >= 15 is 0 Å². The second-order valence-corrected chi connectivity index (χ2v) is 4.83. The number of nitrogens with one attached hydrogen (secondary N) is 1. The van der Waals surface area contributed by atoms with Crippen LogP contribution in [0.3, 0.4) is 0 Å². The Kier molecular flexibility index (Phi) is 4.02. The summed E-state index contributed by atoms with van der Waals surface area (Å²) in [4.78, 5) is 11.3. The molecular formula is C12H14BrNO3. The molecule has 5 heteroatoms. The average Bonchev–Trinajstić information content (AvgIpc) is 2.76. The second kappa shape index (κ2) is 5.51. The summed E-state index contributed by atoms with van der Waals surface area (Å²) in [5.41, 5.74) is 0. The molecule has 92 valence electrons. The van der Waals surface area contributed by atoms with E-state index in [1.807, 2.05) is 24.3 Å². The summed E-state index contributed by atoms with van der Waals surface area (Å²) in [5.74, 6) is 0.571. The molecule has 1 heterocycles. The minimum Gasteiger partial charge on any atom is -0.489 e. The van der Waals surface area contributed by atoms with Crippen LogP contribution in [0.1, 0.15) is 6.42 Å². The van der Waals surface area contributed by atoms with Crippen LogP contribution in [0.4, 0.5) is 0 Å². The van der Waals surface area contributed by atoms with E-state index in [1.165, 1.54) is 7.11 Å². The highest BCUT2D eigenvalue weighted by Gasteiger charge is 2.31. The van der Waals surface area contributed by atoms with E-state index in [4.69, 9.17) is 4.74 Å². The molecule has 0 spiro atoms. The maximum Gasteiger partial charge on any atom is 0.323 e. The molecule has 1 aliphatic heterocycles. The van der Waals surface area contributed by atoms with Gasteiger partial charge in [0.1, 0.15) is 17.9 Å². The fraction of sp³-hybridized carbons (Fsp3) is 0.417. The number of halogens is 1. The largest absolute Gasteiger partial charge is 0.489 e. The molecule has 1 saturated heterocycles. The number of rotatable bonds is 3. The van der Waals surface area contributed by atoms with Crippen molar-refractivity contribution in [3.05, 3.63) is 28.7 Å². The molecule has 2 atom stereocenters. The van der Waals surface area contributed by atoms with Crippen LogP contribution in [-0.2, 0) is 9.53 Å². The van der Waals surface area contributed by atoms with Gasteiger partial charge in [-0.2, -0.15) is 0 Å². The molecule has 1 aromatic rings. The molecule has 1 fully saturated rings. The molecule has 0 unspecified atom stereocenters. The monoisotopic (exact) mass is 299 g/mol. The highest BCUT2D eigenvalue weighted by molar-refractivity contribution is 9.10. The predicted octanol–water partition coefficient (Wildman–Crippen LogP) is 1.73. The highest BCUT2D eigenvalue weighted by atomic mass is 79.9. The first-order chi connectivity index (χ1) is 8.19. The van der Waals surface area contributed by atoms with Crippen molar-refractivity contribution in [2.75, 3.05) is 13.7 Å². The van der Waals surface area contributed by atoms with Gasteiger partial charge in [-0.15, -0.1) is 0 Å². The van der Waals surface area contributed by atoms with Gasteiger partial charge in [0, 0.05) is 17.4 Å². The Morgan fingerprint density at radius 1 is 1.53 bits per heavy atom. The topological polar surface area (TPSA) is 47.6 Å². The van der Waals surface area contributed by atoms with Gasteiger partial charge in [0.25, 0.3) is 0 Å². The van der Waals surface area contributed by atoms with E-state index in [0.717, 1.165) is 10.2 Å². The lowest BCUT2D eigenvalue weighted by Crippen LogP contribution is -2.31. The summed E-state index contributed by atoms with van der Waals surface area (Å²) in [7, 11) is 1.40. The quantitative estimate of drug-likeness (QED) is 0.864. The molecule has 0 aromatic heterocycles. The molecule has 0 bridgehead atoms. The van der Waals surface area contributed by atoms with Crippen LogP contribution < -0.4 is 10.1 Å². The number of ether oxygens (including phenoxy) is 2. The van der Waals surface area contributed by atoms with Crippen molar-refractivity contribution < 1.29 is 14.3 Å². The minimum atomic E-state index is -0.253. The summed E-state index contributed by atoms with van der Waals surface area (Å²) in [6, 6.07) is 7.41. The SMILES string of the molecule is COC(=O)[C@H]1C[C@@H](Oc2cccc(Br)c2)CN1. The maximum atomic E-state index is 11.3. The van der Waals surface area contributed by atoms with Crippen LogP contribution in [0.25, 0.3) is 0 Å². The van der Waals surface area contributed by atoms with E-state index in [0.29, 0.717) is 13.0 Å². The van der Waals surface area contributed by atoms with E-state index < -0.39 is 0 Å². The van der Waals surface area contributed by atoms with Gasteiger partial charge < -0.3 is 14.8 Å². The first kappa shape index (κ1) is 12.4. The average molecular weight is 300 g/mol. The predicted molar refractivity (Wildman–Crippen MR) is 67.0 cm³/mol. The zero-order chi connectivity index (χ0) is 12.3. The zero-order valence-corrected chi connectivity index (χ0v) is 11.1. The van der Waals surface area contributed by atoms with Crippen molar-refractivity contribution in [1.29, 1.82) is 0 Å². The Labute approximate surface area is 108 Å². The van der Waals surface area contributed by atoms with Gasteiger partial charge in [0.05, 0.1) is 7.11 Å². The number of esters is 1. The Hall–Kier alpha value is -1.07. The van der Waals surface area contributed by atoms with Crippen LogP contribution in [0, 0.1) is 0 Å². The summed E-state index contributed by atoms with van der Waals surface area (Å²) in [5, 5.41) is 3.08. The van der Waals surface area contributed by atoms with Crippen molar-refractivity contribution in [3.8, 4) is 5.75 Å². The first-order valence-electron chi connectivity index (χ1n) is 5.42. The van der Waals surface area contributed by atoms with Gasteiger partial charge in [0.15, 0.2) is 0 Å². The van der Waals surface area contributed by atoms with Gasteiger partial charge in [-0.05, 0) is 18.2 Å². The third-order valence-corrected chi connectivity index (χ3v) is 3.17. The third kappa shape index (κ3) is 3.20. The highest BCUT2D eigenvalue weighted by Crippen LogP contribution is 2.21. The van der Waals surface area contributed by atoms with Crippen LogP contribution in [0.5, 0.6) is 5.75 Å². The van der Waals surface area contributed by atoms with E-state index in [-0.39, 0.29) is 18.1 Å². The molecule has 1 aromatic carbocycles.